The molecular weight excluding hydrogens is 538 g/mol. The molecule has 7 rings (SSSR count). The average molecular weight is 572 g/mol. The van der Waals surface area contributed by atoms with E-state index >= 15 is 0 Å². The van der Waals surface area contributed by atoms with Crippen molar-refractivity contribution in [3.63, 3.8) is 0 Å². The number of aromatic amines is 2. The number of allylic oxidation sites excluding steroid dienone is 4. The molecule has 1 fully saturated rings. The Morgan fingerprint density at radius 2 is 1.95 bits per heavy atom. The lowest BCUT2D eigenvalue weighted by molar-refractivity contribution is 0.0929. The summed E-state index contributed by atoms with van der Waals surface area (Å²) in [7, 11) is 0. The Kier molecular flexibility index (Phi) is 7.16. The first-order valence-corrected chi connectivity index (χ1v) is 14.7. The zero-order valence-electron chi connectivity index (χ0n) is 23.9. The van der Waals surface area contributed by atoms with Gasteiger partial charge in [0.25, 0.3) is 5.91 Å². The second-order valence-corrected chi connectivity index (χ2v) is 11.2. The van der Waals surface area contributed by atoms with E-state index in [1.54, 1.807) is 18.6 Å². The minimum Gasteiger partial charge on any atom is -0.369 e. The van der Waals surface area contributed by atoms with Gasteiger partial charge in [0.15, 0.2) is 5.82 Å². The Bertz CT molecular complexity index is 1810. The van der Waals surface area contributed by atoms with Crippen LogP contribution in [0.3, 0.4) is 0 Å². The first-order valence-electron chi connectivity index (χ1n) is 14.7. The van der Waals surface area contributed by atoms with E-state index in [4.69, 9.17) is 4.98 Å². The number of amides is 1. The van der Waals surface area contributed by atoms with Crippen LogP contribution in [0.5, 0.6) is 0 Å². The van der Waals surface area contributed by atoms with E-state index in [1.165, 1.54) is 5.57 Å². The molecule has 2 aliphatic rings. The number of pyridine rings is 1. The van der Waals surface area contributed by atoms with Crippen LogP contribution < -0.4 is 15.5 Å². The van der Waals surface area contributed by atoms with E-state index in [-0.39, 0.29) is 11.9 Å². The standard InChI is InChI=1S/C33H33N9O/c1-21-15-25(6-7-28(21)24-18-36-37-19-24)38-31-10-13-35-32(41-31)23-5-4-22-16-30(40-29(22)17-23)33(43)39-26-3-2-14-42(20-26)27-8-11-34-12-9-27/h4-13,16-19,21,26,40H,2-3,14-15,20H2,1H3,(H,36,37)(H,39,43)(H,35,38,41). The lowest BCUT2D eigenvalue weighted by Crippen LogP contribution is -2.47. The second kappa shape index (κ2) is 11.6. The van der Waals surface area contributed by atoms with Gasteiger partial charge in [-0.2, -0.15) is 5.10 Å². The maximum Gasteiger partial charge on any atom is 0.268 e. The number of aromatic nitrogens is 6. The summed E-state index contributed by atoms with van der Waals surface area (Å²) in [5, 5.41) is 14.6. The number of H-pyrrole nitrogens is 2. The summed E-state index contributed by atoms with van der Waals surface area (Å²) in [5.41, 5.74) is 6.91. The van der Waals surface area contributed by atoms with Crippen LogP contribution in [0.1, 0.15) is 42.2 Å². The fourth-order valence-electron chi connectivity index (χ4n) is 6.01. The molecule has 216 valence electrons. The molecule has 5 aromatic rings. The highest BCUT2D eigenvalue weighted by Crippen LogP contribution is 2.32. The molecule has 2 unspecified atom stereocenters. The van der Waals surface area contributed by atoms with Crippen molar-refractivity contribution in [3.05, 3.63) is 103 Å². The Labute approximate surface area is 249 Å². The second-order valence-electron chi connectivity index (χ2n) is 11.2. The summed E-state index contributed by atoms with van der Waals surface area (Å²) in [6.07, 6.45) is 16.3. The largest absolute Gasteiger partial charge is 0.369 e. The molecular formula is C33H33N9O. The van der Waals surface area contributed by atoms with Crippen molar-refractivity contribution in [3.8, 4) is 11.4 Å². The van der Waals surface area contributed by atoms with Gasteiger partial charge >= 0.3 is 0 Å². The lowest BCUT2D eigenvalue weighted by Gasteiger charge is -2.34. The molecule has 2 atom stereocenters. The number of benzene rings is 1. The Morgan fingerprint density at radius 1 is 1.05 bits per heavy atom. The summed E-state index contributed by atoms with van der Waals surface area (Å²) in [6.45, 7) is 3.97. The van der Waals surface area contributed by atoms with Crippen LogP contribution in [0.15, 0.2) is 91.3 Å². The third-order valence-electron chi connectivity index (χ3n) is 8.21. The lowest BCUT2D eigenvalue weighted by atomic mass is 9.88. The monoisotopic (exact) mass is 571 g/mol. The molecule has 4 N–H and O–H groups in total. The van der Waals surface area contributed by atoms with Gasteiger partial charge in [-0.15, -0.1) is 0 Å². The number of hydrogen-bond acceptors (Lipinski definition) is 7. The van der Waals surface area contributed by atoms with E-state index in [0.29, 0.717) is 17.4 Å². The number of piperidine rings is 1. The summed E-state index contributed by atoms with van der Waals surface area (Å²) >= 11 is 0. The van der Waals surface area contributed by atoms with E-state index < -0.39 is 0 Å². The minimum absolute atomic E-state index is 0.0787. The molecule has 1 aliphatic carbocycles. The Balaban J connectivity index is 1.04. The fourth-order valence-corrected chi connectivity index (χ4v) is 6.01. The smallest absolute Gasteiger partial charge is 0.268 e. The molecule has 5 heterocycles. The van der Waals surface area contributed by atoms with Crippen LogP contribution >= 0.6 is 0 Å². The zero-order chi connectivity index (χ0) is 29.2. The molecule has 10 heteroatoms. The Hall–Kier alpha value is -5.25. The molecule has 4 aromatic heterocycles. The summed E-state index contributed by atoms with van der Waals surface area (Å²) < 4.78 is 0. The fraction of sp³-hybridized carbons (Fsp3) is 0.242. The number of anilines is 2. The first kappa shape index (κ1) is 26.6. The summed E-state index contributed by atoms with van der Waals surface area (Å²) in [5.74, 6) is 1.61. The number of nitrogens with zero attached hydrogens (tertiary/aromatic N) is 5. The average Bonchev–Trinajstić information content (AvgIpc) is 3.72. The highest BCUT2D eigenvalue weighted by atomic mass is 16.2. The van der Waals surface area contributed by atoms with E-state index in [9.17, 15) is 4.79 Å². The van der Waals surface area contributed by atoms with Crippen molar-refractivity contribution in [1.82, 2.24) is 35.5 Å². The zero-order valence-corrected chi connectivity index (χ0v) is 23.9. The van der Waals surface area contributed by atoms with Gasteiger partial charge in [0.05, 0.1) is 6.20 Å². The third-order valence-corrected chi connectivity index (χ3v) is 8.21. The molecule has 10 nitrogen and oxygen atoms in total. The van der Waals surface area contributed by atoms with E-state index in [2.05, 4.69) is 59.8 Å². The van der Waals surface area contributed by atoms with Crippen LogP contribution in [0.25, 0.3) is 27.9 Å². The summed E-state index contributed by atoms with van der Waals surface area (Å²) in [4.78, 5) is 32.3. The first-order chi connectivity index (χ1) is 21.1. The number of fused-ring (bicyclic) bond motifs is 1. The number of rotatable bonds is 7. The highest BCUT2D eigenvalue weighted by Gasteiger charge is 2.23. The van der Waals surface area contributed by atoms with Crippen molar-refractivity contribution in [2.24, 2.45) is 5.92 Å². The van der Waals surface area contributed by atoms with E-state index in [0.717, 1.165) is 71.6 Å². The van der Waals surface area contributed by atoms with Gasteiger partial charge in [0, 0.05) is 77.3 Å². The predicted octanol–water partition coefficient (Wildman–Crippen LogP) is 5.56. The molecule has 1 saturated heterocycles. The number of carbonyl (C=O) groups excluding carboxylic acids is 1. The molecule has 0 radical (unpaired) electrons. The van der Waals surface area contributed by atoms with Gasteiger partial charge < -0.3 is 20.5 Å². The van der Waals surface area contributed by atoms with Crippen molar-refractivity contribution in [2.75, 3.05) is 23.3 Å². The van der Waals surface area contributed by atoms with Crippen molar-refractivity contribution in [1.29, 1.82) is 0 Å². The van der Waals surface area contributed by atoms with Crippen molar-refractivity contribution >= 4 is 33.9 Å². The van der Waals surface area contributed by atoms with Crippen LogP contribution in [0.2, 0.25) is 0 Å². The molecule has 1 aromatic carbocycles. The molecule has 0 bridgehead atoms. The van der Waals surface area contributed by atoms with Crippen LogP contribution in [-0.2, 0) is 0 Å². The maximum atomic E-state index is 13.2. The molecule has 1 amide bonds. The quantitative estimate of drug-likeness (QED) is 0.201. The van der Waals surface area contributed by atoms with Crippen molar-refractivity contribution in [2.45, 2.75) is 32.2 Å². The van der Waals surface area contributed by atoms with Gasteiger partial charge in [0.2, 0.25) is 0 Å². The molecule has 43 heavy (non-hydrogen) atoms. The van der Waals surface area contributed by atoms with Crippen LogP contribution in [0.4, 0.5) is 11.5 Å². The van der Waals surface area contributed by atoms with Gasteiger partial charge in [0.1, 0.15) is 11.5 Å². The normalized spacial score (nSPS) is 18.7. The van der Waals surface area contributed by atoms with Crippen LogP contribution in [-0.4, -0.2) is 55.2 Å². The van der Waals surface area contributed by atoms with E-state index in [1.807, 2.05) is 54.9 Å². The Morgan fingerprint density at radius 3 is 2.79 bits per heavy atom. The maximum absolute atomic E-state index is 13.2. The SMILES string of the molecule is CC1CC(Nc2ccnc(-c3ccc4cc(C(=O)NC5CCCN(c6ccncc6)C5)[nH]c4c3)n2)=CC=C1c1cn[nH]c1. The molecule has 0 saturated carbocycles. The van der Waals surface area contributed by atoms with Gasteiger partial charge in [-0.25, -0.2) is 9.97 Å². The molecule has 1 aliphatic heterocycles. The number of hydrogen-bond donors (Lipinski definition) is 4. The third kappa shape index (κ3) is 5.76. The van der Waals surface area contributed by atoms with Crippen LogP contribution in [0, 0.1) is 5.92 Å². The van der Waals surface area contributed by atoms with Gasteiger partial charge in [-0.1, -0.05) is 25.1 Å². The number of carbonyl (C=O) groups is 1. The number of nitrogens with one attached hydrogen (secondary N) is 4. The molecule has 0 spiro atoms. The minimum atomic E-state index is -0.0956. The van der Waals surface area contributed by atoms with Gasteiger partial charge in [-0.3, -0.25) is 14.9 Å². The highest BCUT2D eigenvalue weighted by molar-refractivity contribution is 5.99. The van der Waals surface area contributed by atoms with Crippen molar-refractivity contribution < 1.29 is 4.79 Å². The van der Waals surface area contributed by atoms with Gasteiger partial charge in [-0.05, 0) is 67.2 Å². The summed E-state index contributed by atoms with van der Waals surface area (Å²) in [6, 6.07) is 13.9. The topological polar surface area (TPSA) is 128 Å². The predicted molar refractivity (Wildman–Crippen MR) is 168 cm³/mol.